The normalized spacial score (nSPS) is 9.77. The molecule has 0 radical (unpaired) electrons. The van der Waals surface area contributed by atoms with Gasteiger partial charge in [-0.3, -0.25) is 4.79 Å². The van der Waals surface area contributed by atoms with Crippen molar-refractivity contribution in [3.8, 4) is 5.75 Å². The van der Waals surface area contributed by atoms with Gasteiger partial charge in [-0.05, 0) is 30.7 Å². The van der Waals surface area contributed by atoms with E-state index in [1.807, 2.05) is 0 Å². The first-order valence-corrected chi connectivity index (χ1v) is 4.15. The highest BCUT2D eigenvalue weighted by Crippen LogP contribution is 2.18. The van der Waals surface area contributed by atoms with Crippen molar-refractivity contribution < 1.29 is 13.9 Å². The number of hydrogen-bond acceptors (Lipinski definition) is 2. The highest BCUT2D eigenvalue weighted by Gasteiger charge is 2.02. The number of carbonyl (C=O) groups excluding carboxylic acids is 1. The Morgan fingerprint density at radius 3 is 2.85 bits per heavy atom. The maximum Gasteiger partial charge on any atom is 0.223 e. The van der Waals surface area contributed by atoms with Crippen molar-refractivity contribution in [2.45, 2.75) is 6.92 Å². The van der Waals surface area contributed by atoms with Crippen molar-refractivity contribution in [3.05, 3.63) is 29.6 Å². The lowest BCUT2D eigenvalue weighted by Gasteiger charge is -2.06. The highest BCUT2D eigenvalue weighted by molar-refractivity contribution is 7.96. The molecule has 0 aliphatic heterocycles. The van der Waals surface area contributed by atoms with Gasteiger partial charge in [0.1, 0.15) is 11.6 Å². The molecule has 0 spiro atoms. The Hall–Kier alpha value is -1.03. The summed E-state index contributed by atoms with van der Waals surface area (Å²) in [5.41, 5.74) is 0.662. The largest absolute Gasteiger partial charge is 0.485 e. The van der Waals surface area contributed by atoms with E-state index in [1.165, 1.54) is 18.2 Å². The van der Waals surface area contributed by atoms with Gasteiger partial charge in [-0.1, -0.05) is 0 Å². The van der Waals surface area contributed by atoms with Crippen molar-refractivity contribution in [2.75, 3.05) is 6.61 Å². The van der Waals surface area contributed by atoms with Gasteiger partial charge in [0.2, 0.25) is 5.12 Å². The Labute approximate surface area is 81.1 Å². The Balaban J connectivity index is 2.72. The van der Waals surface area contributed by atoms with Crippen molar-refractivity contribution >= 4 is 17.7 Å². The van der Waals surface area contributed by atoms with E-state index in [0.29, 0.717) is 11.3 Å². The quantitative estimate of drug-likeness (QED) is 0.755. The van der Waals surface area contributed by atoms with Crippen LogP contribution in [0.15, 0.2) is 18.2 Å². The van der Waals surface area contributed by atoms with Gasteiger partial charge < -0.3 is 4.74 Å². The maximum absolute atomic E-state index is 12.6. The number of rotatable bonds is 3. The molecule has 0 aliphatic rings. The molecule has 0 unspecified atom stereocenters. The molecule has 13 heavy (non-hydrogen) atoms. The molecule has 0 atom stereocenters. The van der Waals surface area contributed by atoms with Crippen LogP contribution in [-0.2, 0) is 4.79 Å². The third-order valence-electron chi connectivity index (χ3n) is 1.49. The third-order valence-corrected chi connectivity index (χ3v) is 1.62. The fourth-order valence-corrected chi connectivity index (χ4v) is 0.979. The fraction of sp³-hybridized carbons (Fsp3) is 0.222. The molecule has 4 heteroatoms. The summed E-state index contributed by atoms with van der Waals surface area (Å²) in [6.45, 7) is 1.61. The second kappa shape index (κ2) is 4.28. The molecule has 70 valence electrons. The monoisotopic (exact) mass is 200 g/mol. The SMILES string of the molecule is Cc1cc(F)ccc1OCC(=O)S. The lowest BCUT2D eigenvalue weighted by Crippen LogP contribution is -2.05. The number of benzene rings is 1. The van der Waals surface area contributed by atoms with Crippen molar-refractivity contribution in [3.63, 3.8) is 0 Å². The minimum Gasteiger partial charge on any atom is -0.485 e. The zero-order chi connectivity index (χ0) is 9.84. The molecule has 0 N–H and O–H groups in total. The summed E-state index contributed by atoms with van der Waals surface area (Å²) < 4.78 is 17.7. The zero-order valence-corrected chi connectivity index (χ0v) is 7.98. The van der Waals surface area contributed by atoms with Crippen LogP contribution in [0.25, 0.3) is 0 Å². The number of thiol groups is 1. The van der Waals surface area contributed by atoms with E-state index in [9.17, 15) is 9.18 Å². The Morgan fingerprint density at radius 2 is 2.31 bits per heavy atom. The predicted octanol–water partition coefficient (Wildman–Crippen LogP) is 1.97. The molecule has 0 aromatic heterocycles. The summed E-state index contributed by atoms with van der Waals surface area (Å²) >= 11 is 3.54. The predicted molar refractivity (Wildman–Crippen MR) is 50.6 cm³/mol. The summed E-state index contributed by atoms with van der Waals surface area (Å²) in [4.78, 5) is 10.5. The van der Waals surface area contributed by atoms with Gasteiger partial charge in [0.15, 0.2) is 6.61 Å². The molecule has 0 fully saturated rings. The van der Waals surface area contributed by atoms with Crippen LogP contribution in [0.5, 0.6) is 5.75 Å². The molecule has 0 saturated heterocycles. The lowest BCUT2D eigenvalue weighted by molar-refractivity contribution is -0.112. The number of ether oxygens (including phenoxy) is 1. The first-order chi connectivity index (χ1) is 6.09. The van der Waals surface area contributed by atoms with Crippen LogP contribution in [0.4, 0.5) is 4.39 Å². The van der Waals surface area contributed by atoms with Gasteiger partial charge in [0, 0.05) is 0 Å². The van der Waals surface area contributed by atoms with Gasteiger partial charge in [-0.2, -0.15) is 0 Å². The zero-order valence-electron chi connectivity index (χ0n) is 7.08. The lowest BCUT2D eigenvalue weighted by atomic mass is 10.2. The molecule has 1 rings (SSSR count). The molecule has 0 saturated carbocycles. The second-order valence-corrected chi connectivity index (χ2v) is 3.09. The Bertz CT molecular complexity index is 325. The van der Waals surface area contributed by atoms with Crippen molar-refractivity contribution in [2.24, 2.45) is 0 Å². The molecular weight excluding hydrogens is 191 g/mol. The molecule has 0 aliphatic carbocycles. The summed E-state index contributed by atoms with van der Waals surface area (Å²) in [5, 5.41) is -0.358. The summed E-state index contributed by atoms with van der Waals surface area (Å²) in [7, 11) is 0. The van der Waals surface area contributed by atoms with Crippen LogP contribution >= 0.6 is 12.6 Å². The van der Waals surface area contributed by atoms with E-state index in [0.717, 1.165) is 0 Å². The average Bonchev–Trinajstić information content (AvgIpc) is 2.02. The van der Waals surface area contributed by atoms with Crippen molar-refractivity contribution in [1.29, 1.82) is 0 Å². The average molecular weight is 200 g/mol. The van der Waals surface area contributed by atoms with Gasteiger partial charge in [0.25, 0.3) is 0 Å². The second-order valence-electron chi connectivity index (χ2n) is 2.59. The van der Waals surface area contributed by atoms with Gasteiger partial charge in [-0.15, -0.1) is 12.6 Å². The van der Waals surface area contributed by atoms with E-state index < -0.39 is 0 Å². The van der Waals surface area contributed by atoms with E-state index in [1.54, 1.807) is 6.92 Å². The van der Waals surface area contributed by atoms with Crippen LogP contribution in [0.2, 0.25) is 0 Å². The third kappa shape index (κ3) is 3.06. The Kier molecular flexibility index (Phi) is 3.31. The highest BCUT2D eigenvalue weighted by atomic mass is 32.1. The maximum atomic E-state index is 12.6. The summed E-state index contributed by atoms with van der Waals surface area (Å²) in [5.74, 6) is 0.186. The molecule has 1 aromatic carbocycles. The fourth-order valence-electron chi connectivity index (χ4n) is 0.914. The summed E-state index contributed by atoms with van der Waals surface area (Å²) in [6, 6.07) is 4.12. The number of carbonyl (C=O) groups is 1. The van der Waals surface area contributed by atoms with Gasteiger partial charge in [-0.25, -0.2) is 4.39 Å². The molecule has 0 bridgehead atoms. The van der Waals surface area contributed by atoms with Gasteiger partial charge >= 0.3 is 0 Å². The van der Waals surface area contributed by atoms with E-state index >= 15 is 0 Å². The smallest absolute Gasteiger partial charge is 0.223 e. The topological polar surface area (TPSA) is 26.3 Å². The molecule has 0 amide bonds. The molecule has 0 heterocycles. The van der Waals surface area contributed by atoms with E-state index in [2.05, 4.69) is 12.6 Å². The first-order valence-electron chi connectivity index (χ1n) is 3.70. The minimum atomic E-state index is -0.358. The summed E-state index contributed by atoms with van der Waals surface area (Å²) in [6.07, 6.45) is 0. The number of hydrogen-bond donors (Lipinski definition) is 1. The standard InChI is InChI=1S/C9H9FO2S/c1-6-4-7(10)2-3-8(6)12-5-9(11)13/h2-4H,5H2,1H3,(H,11,13). The van der Waals surface area contributed by atoms with Crippen LogP contribution in [0.1, 0.15) is 5.56 Å². The molecule has 1 aromatic rings. The number of aryl methyl sites for hydroxylation is 1. The van der Waals surface area contributed by atoms with E-state index in [-0.39, 0.29) is 17.5 Å². The first kappa shape index (κ1) is 10.1. The van der Waals surface area contributed by atoms with Crippen LogP contribution in [0.3, 0.4) is 0 Å². The van der Waals surface area contributed by atoms with Crippen molar-refractivity contribution in [1.82, 2.24) is 0 Å². The Morgan fingerprint density at radius 1 is 1.62 bits per heavy atom. The molecular formula is C9H9FO2S. The van der Waals surface area contributed by atoms with Crippen LogP contribution in [-0.4, -0.2) is 11.7 Å². The minimum absolute atomic E-state index is 0.102. The van der Waals surface area contributed by atoms with E-state index in [4.69, 9.17) is 4.74 Å². The van der Waals surface area contributed by atoms with Crippen LogP contribution < -0.4 is 4.74 Å². The molecule has 2 nitrogen and oxygen atoms in total. The van der Waals surface area contributed by atoms with Crippen LogP contribution in [0, 0.1) is 12.7 Å². The number of halogens is 1. The van der Waals surface area contributed by atoms with Gasteiger partial charge in [0.05, 0.1) is 0 Å².